The molecule has 0 aliphatic carbocycles. The van der Waals surface area contributed by atoms with Gasteiger partial charge < -0.3 is 63.4 Å². The average Bonchev–Trinajstić information content (AvgIpc) is 4.22. The van der Waals surface area contributed by atoms with Crippen molar-refractivity contribution in [1.82, 2.24) is 51.9 Å². The molecule has 22 nitrogen and oxygen atoms in total. The molecule has 3 saturated heterocycles. The standard InChI is InChI=1S/C59H90N12O10/c1-35(2)31-43-53(75)66-45(33-39-19-11-9-12-20-39)57(79)70-29-17-25-47(70)55(77)68-49(37(5)6)56(78)63-42(24-16-28-61)52(74)65-44(32-36(3)4)54(76)67-46(34-40-21-13-10-14-22-40)58(80)71-30-18-26-48(71)59(81)69(8)38(7)50(72)62-41(23-15-27-60)51(73)64-43/h9-14,19-22,35-38,41-49H,15-18,23-34,60-61H2,1-8H3,(H,62,72)(H,63,78)(H,64,73)(H,65,74)(H,66,75)(H,67,76)(H,68,77)/t38-,41-,42-,43-,44-,45+,46+,47-,48-,49-/m0/s1. The van der Waals surface area contributed by atoms with E-state index in [1.54, 1.807) is 62.4 Å². The van der Waals surface area contributed by atoms with Gasteiger partial charge in [-0.05, 0) is 113 Å². The third-order valence-corrected chi connectivity index (χ3v) is 15.3. The summed E-state index contributed by atoms with van der Waals surface area (Å²) in [5.74, 6) is -7.14. The van der Waals surface area contributed by atoms with Crippen molar-refractivity contribution < 1.29 is 47.9 Å². The van der Waals surface area contributed by atoms with Gasteiger partial charge in [0, 0.05) is 33.0 Å². The highest BCUT2D eigenvalue weighted by Crippen LogP contribution is 2.24. The highest BCUT2D eigenvalue weighted by Gasteiger charge is 2.44. The zero-order valence-corrected chi connectivity index (χ0v) is 48.7. The quantitative estimate of drug-likeness (QED) is 0.120. The molecule has 22 heteroatoms. The summed E-state index contributed by atoms with van der Waals surface area (Å²) in [7, 11) is 1.44. The van der Waals surface area contributed by atoms with Crippen molar-refractivity contribution in [2.75, 3.05) is 33.2 Å². The molecule has 3 fully saturated rings. The predicted molar refractivity (Wildman–Crippen MR) is 306 cm³/mol. The Kier molecular flexibility index (Phi) is 25.1. The summed E-state index contributed by atoms with van der Waals surface area (Å²) in [6, 6.07) is 6.39. The molecule has 0 unspecified atom stereocenters. The first-order valence-corrected chi connectivity index (χ1v) is 29.0. The summed E-state index contributed by atoms with van der Waals surface area (Å²) in [6.45, 7) is 13.1. The Morgan fingerprint density at radius 2 is 0.852 bits per heavy atom. The number of carbonyl (C=O) groups excluding carboxylic acids is 10. The van der Waals surface area contributed by atoms with Crippen molar-refractivity contribution in [2.45, 2.75) is 186 Å². The number of hydrogen-bond acceptors (Lipinski definition) is 12. The smallest absolute Gasteiger partial charge is 0.246 e. The molecule has 81 heavy (non-hydrogen) atoms. The molecule has 10 atom stereocenters. The van der Waals surface area contributed by atoms with Crippen LogP contribution in [0.2, 0.25) is 0 Å². The number of hydrogen-bond donors (Lipinski definition) is 9. The summed E-state index contributed by atoms with van der Waals surface area (Å²) in [4.78, 5) is 149. The highest BCUT2D eigenvalue weighted by atomic mass is 16.2. The van der Waals surface area contributed by atoms with Crippen LogP contribution in [0.4, 0.5) is 0 Å². The molecule has 3 aliphatic rings. The van der Waals surface area contributed by atoms with E-state index in [-0.39, 0.29) is 89.4 Å². The molecule has 3 aliphatic heterocycles. The Labute approximate surface area is 477 Å². The van der Waals surface area contributed by atoms with Gasteiger partial charge in [-0.1, -0.05) is 102 Å². The number of likely N-dealkylation sites (N-methyl/N-ethyl adjacent to an activating group) is 1. The largest absolute Gasteiger partial charge is 0.343 e. The third-order valence-electron chi connectivity index (χ3n) is 15.3. The Bertz CT molecular complexity index is 2480. The van der Waals surface area contributed by atoms with Gasteiger partial charge in [-0.25, -0.2) is 0 Å². The Morgan fingerprint density at radius 1 is 0.469 bits per heavy atom. The van der Waals surface area contributed by atoms with Crippen LogP contribution in [0.25, 0.3) is 0 Å². The van der Waals surface area contributed by atoms with Crippen LogP contribution in [-0.2, 0) is 60.8 Å². The molecule has 0 bridgehead atoms. The fourth-order valence-corrected chi connectivity index (χ4v) is 10.7. The maximum Gasteiger partial charge on any atom is 0.246 e. The minimum absolute atomic E-state index is 0.0297. The molecule has 2 aromatic rings. The molecule has 3 heterocycles. The van der Waals surface area contributed by atoms with Crippen molar-refractivity contribution in [3.8, 4) is 0 Å². The molecule has 0 saturated carbocycles. The minimum Gasteiger partial charge on any atom is -0.343 e. The number of nitrogens with two attached hydrogens (primary N) is 2. The van der Waals surface area contributed by atoms with Crippen LogP contribution in [0.1, 0.15) is 124 Å². The van der Waals surface area contributed by atoms with Gasteiger partial charge >= 0.3 is 0 Å². The van der Waals surface area contributed by atoms with Crippen molar-refractivity contribution in [1.29, 1.82) is 0 Å². The average molecular weight is 1130 g/mol. The molecule has 446 valence electrons. The molecule has 0 aromatic heterocycles. The van der Waals surface area contributed by atoms with Gasteiger partial charge in [0.15, 0.2) is 0 Å². The van der Waals surface area contributed by atoms with Gasteiger partial charge in [-0.2, -0.15) is 0 Å². The van der Waals surface area contributed by atoms with Crippen molar-refractivity contribution >= 4 is 59.1 Å². The monoisotopic (exact) mass is 1130 g/mol. The summed E-state index contributed by atoms with van der Waals surface area (Å²) in [5.41, 5.74) is 13.2. The summed E-state index contributed by atoms with van der Waals surface area (Å²) in [6.07, 6.45) is 2.50. The predicted octanol–water partition coefficient (Wildman–Crippen LogP) is 0.934. The van der Waals surface area contributed by atoms with E-state index in [9.17, 15) is 47.9 Å². The van der Waals surface area contributed by atoms with Crippen LogP contribution in [0.3, 0.4) is 0 Å². The van der Waals surface area contributed by atoms with Crippen LogP contribution < -0.4 is 48.7 Å². The first kappa shape index (κ1) is 64.9. The van der Waals surface area contributed by atoms with E-state index < -0.39 is 125 Å². The zero-order chi connectivity index (χ0) is 59.5. The molecule has 2 aromatic carbocycles. The van der Waals surface area contributed by atoms with Gasteiger partial charge in [0.2, 0.25) is 59.1 Å². The minimum atomic E-state index is -1.21. The van der Waals surface area contributed by atoms with E-state index >= 15 is 0 Å². The first-order chi connectivity index (χ1) is 38.5. The molecule has 5 rings (SSSR count). The second-order valence-corrected chi connectivity index (χ2v) is 23.1. The van der Waals surface area contributed by atoms with E-state index in [0.29, 0.717) is 36.8 Å². The molecule has 11 N–H and O–H groups in total. The number of rotatable bonds is 15. The lowest BCUT2D eigenvalue weighted by Gasteiger charge is -2.34. The Hall–Kier alpha value is -6.94. The van der Waals surface area contributed by atoms with E-state index in [0.717, 1.165) is 0 Å². The molecule has 0 spiro atoms. The fraction of sp³-hybridized carbons (Fsp3) is 0.627. The van der Waals surface area contributed by atoms with Crippen LogP contribution in [0.15, 0.2) is 60.7 Å². The summed E-state index contributed by atoms with van der Waals surface area (Å²) >= 11 is 0. The lowest BCUT2D eigenvalue weighted by Crippen LogP contribution is -2.62. The first-order valence-electron chi connectivity index (χ1n) is 29.0. The number of benzene rings is 2. The molecule has 10 amide bonds. The van der Waals surface area contributed by atoms with Gasteiger partial charge in [-0.15, -0.1) is 0 Å². The lowest BCUT2D eigenvalue weighted by atomic mass is 9.99. The van der Waals surface area contributed by atoms with E-state index in [1.807, 2.05) is 39.8 Å². The number of nitrogens with zero attached hydrogens (tertiary/aromatic N) is 3. The second kappa shape index (κ2) is 31.3. The van der Waals surface area contributed by atoms with Gasteiger partial charge in [0.1, 0.15) is 60.4 Å². The number of carbonyl (C=O) groups is 10. The zero-order valence-electron chi connectivity index (χ0n) is 48.7. The van der Waals surface area contributed by atoms with Gasteiger partial charge in [-0.3, -0.25) is 47.9 Å². The maximum absolute atomic E-state index is 14.9. The van der Waals surface area contributed by atoms with Crippen molar-refractivity contribution in [3.63, 3.8) is 0 Å². The topological polar surface area (TPSA) is 317 Å². The summed E-state index contributed by atoms with van der Waals surface area (Å²) in [5, 5.41) is 19.9. The molecule has 0 radical (unpaired) electrons. The van der Waals surface area contributed by atoms with Crippen LogP contribution in [0.5, 0.6) is 0 Å². The fourth-order valence-electron chi connectivity index (χ4n) is 10.7. The van der Waals surface area contributed by atoms with Crippen LogP contribution in [0, 0.1) is 17.8 Å². The van der Waals surface area contributed by atoms with Gasteiger partial charge in [0.05, 0.1) is 0 Å². The van der Waals surface area contributed by atoms with Crippen molar-refractivity contribution in [2.24, 2.45) is 29.2 Å². The maximum atomic E-state index is 14.9. The molecular formula is C59H90N12O10. The van der Waals surface area contributed by atoms with E-state index in [1.165, 1.54) is 28.7 Å². The summed E-state index contributed by atoms with van der Waals surface area (Å²) < 4.78 is 0. The molecular weight excluding hydrogens is 1040 g/mol. The van der Waals surface area contributed by atoms with E-state index in [4.69, 9.17) is 11.5 Å². The van der Waals surface area contributed by atoms with E-state index in [2.05, 4.69) is 37.2 Å². The normalized spacial score (nSPS) is 26.8. The number of nitrogens with one attached hydrogen (secondary N) is 7. The Morgan fingerprint density at radius 3 is 1.27 bits per heavy atom. The SMILES string of the molecule is CC(C)C[C@@H]1NC(=O)[C@H](CCCN)NC(=O)[C@H](C)N(C)C(=O)[C@@H]2CCCN2C(=O)[C@@H](Cc2ccccc2)NC(=O)[C@H](CC(C)C)NC(=O)[C@H](CCCN)NC(=O)[C@H](C(C)C)NC(=O)[C@@H]2CCCN2C(=O)[C@@H](Cc2ccccc2)NC1=O. The number of fused-ring (bicyclic) bond motifs is 2. The highest BCUT2D eigenvalue weighted by molar-refractivity contribution is 6.00. The number of amides is 10. The third kappa shape index (κ3) is 18.5. The Balaban J connectivity index is 1.57. The van der Waals surface area contributed by atoms with Gasteiger partial charge in [0.25, 0.3) is 0 Å². The lowest BCUT2D eigenvalue weighted by molar-refractivity contribution is -0.148. The van der Waals surface area contributed by atoms with Crippen LogP contribution >= 0.6 is 0 Å². The van der Waals surface area contributed by atoms with Crippen LogP contribution in [-0.4, -0.2) is 167 Å². The van der Waals surface area contributed by atoms with Crippen molar-refractivity contribution in [3.05, 3.63) is 71.8 Å². The second-order valence-electron chi connectivity index (χ2n) is 23.1.